The second kappa shape index (κ2) is 55.2. The highest BCUT2D eigenvalue weighted by Crippen LogP contribution is 2.17. The summed E-state index contributed by atoms with van der Waals surface area (Å²) < 4.78 is 5.90. The molecule has 0 aromatic heterocycles. The minimum atomic E-state index is -0.815. The summed E-state index contributed by atoms with van der Waals surface area (Å²) in [7, 11) is 0. The van der Waals surface area contributed by atoms with E-state index < -0.39 is 18.2 Å². The summed E-state index contributed by atoms with van der Waals surface area (Å²) in [4.78, 5) is 26.2. The molecule has 0 rings (SSSR count). The molecule has 3 N–H and O–H groups in total. The molecule has 0 aliphatic rings. The SMILES string of the molecule is CCCCC/C=C\C/C=C\C/C=C\C/C=C\CC(CC(=O)NC(CO)C(O)CCCCCCCCCCCCCCCCC)OC(=O)CCCCCCCCCCC/C=C\C/C=C\CCCCC. The van der Waals surface area contributed by atoms with Gasteiger partial charge in [-0.05, 0) is 77.0 Å². The highest BCUT2D eigenvalue weighted by molar-refractivity contribution is 5.77. The number of amides is 1. The van der Waals surface area contributed by atoms with Gasteiger partial charge in [0.05, 0.1) is 25.2 Å². The van der Waals surface area contributed by atoms with Gasteiger partial charge in [0.1, 0.15) is 6.10 Å². The van der Waals surface area contributed by atoms with Crippen LogP contribution in [0.3, 0.4) is 0 Å². The van der Waals surface area contributed by atoms with Crippen molar-refractivity contribution in [3.8, 4) is 0 Å². The van der Waals surface area contributed by atoms with Crippen LogP contribution in [0.1, 0.15) is 284 Å². The molecule has 68 heavy (non-hydrogen) atoms. The molecule has 0 aromatic carbocycles. The molecule has 394 valence electrons. The summed E-state index contributed by atoms with van der Waals surface area (Å²) in [5.41, 5.74) is 0. The molecule has 1 amide bonds. The number of unbranched alkanes of at least 4 members (excludes halogenated alkanes) is 29. The number of nitrogens with one attached hydrogen (secondary N) is 1. The minimum Gasteiger partial charge on any atom is -0.461 e. The lowest BCUT2D eigenvalue weighted by Crippen LogP contribution is -2.46. The molecule has 0 spiro atoms. The first-order valence-electron chi connectivity index (χ1n) is 29.2. The number of carbonyl (C=O) groups is 2. The quantitative estimate of drug-likeness (QED) is 0.0321. The van der Waals surface area contributed by atoms with Crippen LogP contribution in [0.4, 0.5) is 0 Å². The first-order valence-corrected chi connectivity index (χ1v) is 29.2. The van der Waals surface area contributed by atoms with E-state index in [0.717, 1.165) is 64.2 Å². The normalized spacial score (nSPS) is 13.7. The van der Waals surface area contributed by atoms with Crippen molar-refractivity contribution in [2.75, 3.05) is 6.61 Å². The zero-order chi connectivity index (χ0) is 49.5. The number of aliphatic hydroxyl groups is 2. The van der Waals surface area contributed by atoms with Crippen LogP contribution in [0, 0.1) is 0 Å². The van der Waals surface area contributed by atoms with Gasteiger partial charge >= 0.3 is 5.97 Å². The Balaban J connectivity index is 4.64. The van der Waals surface area contributed by atoms with E-state index in [1.54, 1.807) is 0 Å². The number of hydrogen-bond acceptors (Lipinski definition) is 5. The first kappa shape index (κ1) is 65.3. The standard InChI is InChI=1S/C62H111NO5/c1-4-7-10-13-16-19-22-25-28-29-30-31-34-37-40-43-46-49-52-55-62(67)68-58(53-50-47-44-41-38-35-32-26-23-20-17-14-11-8-5-2)56-61(66)63-59(57-64)60(65)54-51-48-45-42-39-36-33-27-24-21-18-15-12-9-6-3/h16-17,19-20,25-26,28,32,38,41,47,50,58-60,64-65H,4-15,18,21-24,27,29-31,33-37,39-40,42-46,48-49,51-57H2,1-3H3,(H,63,66)/b19-16-,20-17-,28-25-,32-26-,41-38-,50-47-. The van der Waals surface area contributed by atoms with Crippen LogP contribution in [-0.4, -0.2) is 46.9 Å². The zero-order valence-corrected chi connectivity index (χ0v) is 45.0. The number of ether oxygens (including phenoxy) is 1. The summed E-state index contributed by atoms with van der Waals surface area (Å²) in [5, 5.41) is 23.8. The third kappa shape index (κ3) is 49.7. The number of rotatable bonds is 52. The van der Waals surface area contributed by atoms with E-state index >= 15 is 0 Å². The Kier molecular flexibility index (Phi) is 53.0. The maximum atomic E-state index is 13.2. The Bertz CT molecular complexity index is 1250. The Morgan fingerprint density at radius 3 is 1.21 bits per heavy atom. The lowest BCUT2D eigenvalue weighted by atomic mass is 10.0. The fourth-order valence-corrected chi connectivity index (χ4v) is 8.56. The number of allylic oxidation sites excluding steroid dienone is 11. The number of hydrogen-bond donors (Lipinski definition) is 3. The molecule has 0 saturated heterocycles. The van der Waals surface area contributed by atoms with Gasteiger partial charge in [-0.1, -0.05) is 261 Å². The largest absolute Gasteiger partial charge is 0.461 e. The molecular formula is C62H111NO5. The van der Waals surface area contributed by atoms with E-state index in [2.05, 4.69) is 92.9 Å². The Hall–Kier alpha value is -2.70. The number of aliphatic hydroxyl groups excluding tert-OH is 2. The number of carbonyl (C=O) groups excluding carboxylic acids is 2. The summed E-state index contributed by atoms with van der Waals surface area (Å²) in [6.07, 6.45) is 71.2. The summed E-state index contributed by atoms with van der Waals surface area (Å²) in [5.74, 6) is -0.576. The van der Waals surface area contributed by atoms with Gasteiger partial charge in [-0.2, -0.15) is 0 Å². The van der Waals surface area contributed by atoms with E-state index in [-0.39, 0.29) is 24.9 Å². The highest BCUT2D eigenvalue weighted by atomic mass is 16.5. The lowest BCUT2D eigenvalue weighted by molar-refractivity contribution is -0.150. The van der Waals surface area contributed by atoms with Crippen LogP contribution in [0.15, 0.2) is 72.9 Å². The number of esters is 1. The Morgan fingerprint density at radius 1 is 0.441 bits per heavy atom. The van der Waals surface area contributed by atoms with Crippen LogP contribution in [0.25, 0.3) is 0 Å². The third-order valence-electron chi connectivity index (χ3n) is 13.0. The van der Waals surface area contributed by atoms with Crippen molar-refractivity contribution in [3.05, 3.63) is 72.9 Å². The monoisotopic (exact) mass is 950 g/mol. The lowest BCUT2D eigenvalue weighted by Gasteiger charge is -2.24. The summed E-state index contributed by atoms with van der Waals surface area (Å²) in [6.45, 7) is 6.43. The van der Waals surface area contributed by atoms with Crippen molar-refractivity contribution < 1.29 is 24.5 Å². The van der Waals surface area contributed by atoms with E-state index in [0.29, 0.717) is 19.3 Å². The predicted octanol–water partition coefficient (Wildman–Crippen LogP) is 18.1. The van der Waals surface area contributed by atoms with Crippen LogP contribution in [0.2, 0.25) is 0 Å². The van der Waals surface area contributed by atoms with Crippen molar-refractivity contribution in [1.82, 2.24) is 5.32 Å². The van der Waals surface area contributed by atoms with Crippen molar-refractivity contribution >= 4 is 11.9 Å². The average molecular weight is 951 g/mol. The fraction of sp³-hybridized carbons (Fsp3) is 0.774. The molecule has 6 heteroatoms. The van der Waals surface area contributed by atoms with E-state index in [1.807, 2.05) is 6.08 Å². The molecule has 0 radical (unpaired) electrons. The Labute approximate surface area is 421 Å². The molecular weight excluding hydrogens is 839 g/mol. The topological polar surface area (TPSA) is 95.9 Å². The van der Waals surface area contributed by atoms with Crippen LogP contribution in [0.5, 0.6) is 0 Å². The van der Waals surface area contributed by atoms with Crippen molar-refractivity contribution in [2.45, 2.75) is 302 Å². The Morgan fingerprint density at radius 2 is 0.779 bits per heavy atom. The van der Waals surface area contributed by atoms with Crippen molar-refractivity contribution in [2.24, 2.45) is 0 Å². The van der Waals surface area contributed by atoms with Gasteiger partial charge in [0, 0.05) is 12.8 Å². The fourth-order valence-electron chi connectivity index (χ4n) is 8.56. The zero-order valence-electron chi connectivity index (χ0n) is 45.0. The van der Waals surface area contributed by atoms with Crippen molar-refractivity contribution in [1.29, 1.82) is 0 Å². The maximum absolute atomic E-state index is 13.2. The first-order chi connectivity index (χ1) is 33.5. The molecule has 0 heterocycles. The third-order valence-corrected chi connectivity index (χ3v) is 13.0. The summed E-state index contributed by atoms with van der Waals surface area (Å²) >= 11 is 0. The van der Waals surface area contributed by atoms with E-state index in [9.17, 15) is 19.8 Å². The predicted molar refractivity (Wildman–Crippen MR) is 296 cm³/mol. The van der Waals surface area contributed by atoms with Crippen LogP contribution >= 0.6 is 0 Å². The van der Waals surface area contributed by atoms with Gasteiger partial charge in [0.15, 0.2) is 0 Å². The second-order valence-electron chi connectivity index (χ2n) is 19.7. The smallest absolute Gasteiger partial charge is 0.306 e. The second-order valence-corrected chi connectivity index (χ2v) is 19.7. The molecule has 0 aliphatic carbocycles. The molecule has 0 bridgehead atoms. The highest BCUT2D eigenvalue weighted by Gasteiger charge is 2.23. The molecule has 0 saturated carbocycles. The van der Waals surface area contributed by atoms with Gasteiger partial charge in [0.2, 0.25) is 5.91 Å². The van der Waals surface area contributed by atoms with E-state index in [1.165, 1.54) is 173 Å². The van der Waals surface area contributed by atoms with Gasteiger partial charge in [-0.15, -0.1) is 0 Å². The molecule has 3 unspecified atom stereocenters. The average Bonchev–Trinajstić information content (AvgIpc) is 3.33. The molecule has 0 fully saturated rings. The molecule has 0 aliphatic heterocycles. The molecule has 0 aromatic rings. The van der Waals surface area contributed by atoms with Gasteiger partial charge < -0.3 is 20.3 Å². The van der Waals surface area contributed by atoms with Crippen LogP contribution in [-0.2, 0) is 14.3 Å². The van der Waals surface area contributed by atoms with Gasteiger partial charge in [-0.3, -0.25) is 9.59 Å². The molecule has 3 atom stereocenters. The van der Waals surface area contributed by atoms with Crippen molar-refractivity contribution in [3.63, 3.8) is 0 Å². The van der Waals surface area contributed by atoms with Gasteiger partial charge in [0.25, 0.3) is 0 Å². The van der Waals surface area contributed by atoms with E-state index in [4.69, 9.17) is 4.74 Å². The van der Waals surface area contributed by atoms with Crippen LogP contribution < -0.4 is 5.32 Å². The van der Waals surface area contributed by atoms with Gasteiger partial charge in [-0.25, -0.2) is 0 Å². The maximum Gasteiger partial charge on any atom is 0.306 e. The summed E-state index contributed by atoms with van der Waals surface area (Å²) in [6, 6.07) is -0.735. The minimum absolute atomic E-state index is 0.00122. The molecule has 6 nitrogen and oxygen atoms in total.